The van der Waals surface area contributed by atoms with Gasteiger partial charge in [-0.25, -0.2) is 0 Å². The van der Waals surface area contributed by atoms with Crippen LogP contribution in [-0.2, 0) is 0 Å². The normalized spacial score (nSPS) is 19.8. The maximum Gasteiger partial charge on any atom is 0.0718 e. The topological polar surface area (TPSA) is 27.0 Å². The summed E-state index contributed by atoms with van der Waals surface area (Å²) in [6.07, 6.45) is 5.05. The molecule has 0 spiro atoms. The lowest BCUT2D eigenvalue weighted by atomic mass is 10.0. The van der Waals surface area contributed by atoms with Crippen molar-refractivity contribution in [2.45, 2.75) is 0 Å². The minimum absolute atomic E-state index is 0.235. The van der Waals surface area contributed by atoms with Crippen LogP contribution in [0.4, 0.5) is 0 Å². The van der Waals surface area contributed by atoms with Gasteiger partial charge in [0.05, 0.1) is 18.5 Å². The Kier molecular flexibility index (Phi) is 1.72. The standard InChI is InChI=1S/C7H8N2/c1-2-3-9-5-7(4-8)6-9/h1,7H,3,5-6H2. The van der Waals surface area contributed by atoms with Crippen LogP contribution in [0.15, 0.2) is 0 Å². The van der Waals surface area contributed by atoms with Gasteiger partial charge in [0, 0.05) is 13.1 Å². The van der Waals surface area contributed by atoms with Crippen LogP contribution in [-0.4, -0.2) is 24.5 Å². The van der Waals surface area contributed by atoms with E-state index in [4.69, 9.17) is 11.7 Å². The maximum absolute atomic E-state index is 8.34. The van der Waals surface area contributed by atoms with Crippen LogP contribution in [0.3, 0.4) is 0 Å². The molecule has 1 aliphatic rings. The van der Waals surface area contributed by atoms with E-state index in [0.29, 0.717) is 6.54 Å². The minimum atomic E-state index is 0.235. The van der Waals surface area contributed by atoms with Crippen LogP contribution >= 0.6 is 0 Å². The van der Waals surface area contributed by atoms with Gasteiger partial charge in [0.15, 0.2) is 0 Å². The van der Waals surface area contributed by atoms with Gasteiger partial charge in [0.25, 0.3) is 0 Å². The molecule has 1 rings (SSSR count). The van der Waals surface area contributed by atoms with Crippen LogP contribution in [0.5, 0.6) is 0 Å². The molecule has 1 saturated heterocycles. The summed E-state index contributed by atoms with van der Waals surface area (Å²) in [6.45, 7) is 2.42. The zero-order chi connectivity index (χ0) is 6.69. The number of nitrogens with zero attached hydrogens (tertiary/aromatic N) is 2. The molecule has 0 aromatic rings. The fraction of sp³-hybridized carbons (Fsp3) is 0.571. The molecule has 0 aromatic heterocycles. The first-order valence-electron chi connectivity index (χ1n) is 2.92. The smallest absolute Gasteiger partial charge is 0.0718 e. The molecule has 0 bridgehead atoms. The van der Waals surface area contributed by atoms with Crippen molar-refractivity contribution in [3.05, 3.63) is 0 Å². The van der Waals surface area contributed by atoms with Gasteiger partial charge < -0.3 is 0 Å². The molecule has 1 fully saturated rings. The maximum atomic E-state index is 8.34. The lowest BCUT2D eigenvalue weighted by Crippen LogP contribution is -2.45. The Bertz CT molecular complexity index is 166. The lowest BCUT2D eigenvalue weighted by molar-refractivity contribution is 0.156. The highest BCUT2D eigenvalue weighted by molar-refractivity contribution is 4.99. The lowest BCUT2D eigenvalue weighted by Gasteiger charge is -2.33. The van der Waals surface area contributed by atoms with Crippen molar-refractivity contribution in [2.24, 2.45) is 5.92 Å². The van der Waals surface area contributed by atoms with E-state index in [9.17, 15) is 0 Å². The Balaban J connectivity index is 2.15. The van der Waals surface area contributed by atoms with Gasteiger partial charge in [-0.05, 0) is 0 Å². The Morgan fingerprint density at radius 3 is 2.78 bits per heavy atom. The number of likely N-dealkylation sites (tertiary alicyclic amines) is 1. The SMILES string of the molecule is C#CCN1CC(C#N)C1. The summed E-state index contributed by atoms with van der Waals surface area (Å²) >= 11 is 0. The number of hydrogen-bond donors (Lipinski definition) is 0. The molecule has 1 heterocycles. The van der Waals surface area contributed by atoms with E-state index < -0.39 is 0 Å². The molecule has 2 nitrogen and oxygen atoms in total. The van der Waals surface area contributed by atoms with Crippen molar-refractivity contribution in [1.29, 1.82) is 5.26 Å². The van der Waals surface area contributed by atoms with Crippen LogP contribution in [0.2, 0.25) is 0 Å². The molecular weight excluding hydrogens is 112 g/mol. The van der Waals surface area contributed by atoms with E-state index in [1.165, 1.54) is 0 Å². The first kappa shape index (κ1) is 6.13. The monoisotopic (exact) mass is 120 g/mol. The van der Waals surface area contributed by atoms with E-state index in [0.717, 1.165) is 13.1 Å². The van der Waals surface area contributed by atoms with Gasteiger partial charge >= 0.3 is 0 Å². The molecule has 2 heteroatoms. The van der Waals surface area contributed by atoms with Crippen LogP contribution < -0.4 is 0 Å². The van der Waals surface area contributed by atoms with Gasteiger partial charge in [-0.2, -0.15) is 5.26 Å². The molecular formula is C7H8N2. The van der Waals surface area contributed by atoms with E-state index in [2.05, 4.69) is 16.9 Å². The van der Waals surface area contributed by atoms with Gasteiger partial charge in [-0.3, -0.25) is 4.90 Å². The Morgan fingerprint density at radius 1 is 1.67 bits per heavy atom. The van der Waals surface area contributed by atoms with Gasteiger partial charge in [-0.1, -0.05) is 5.92 Å². The summed E-state index contributed by atoms with van der Waals surface area (Å²) < 4.78 is 0. The molecule has 0 N–H and O–H groups in total. The summed E-state index contributed by atoms with van der Waals surface area (Å²) in [5.41, 5.74) is 0. The summed E-state index contributed by atoms with van der Waals surface area (Å²) in [7, 11) is 0. The van der Waals surface area contributed by atoms with E-state index in [1.54, 1.807) is 0 Å². The van der Waals surface area contributed by atoms with E-state index >= 15 is 0 Å². The third kappa shape index (κ3) is 1.22. The Labute approximate surface area is 55.1 Å². The van der Waals surface area contributed by atoms with Crippen molar-refractivity contribution in [3.8, 4) is 18.4 Å². The summed E-state index contributed by atoms with van der Waals surface area (Å²) in [5, 5.41) is 8.34. The highest BCUT2D eigenvalue weighted by Crippen LogP contribution is 2.12. The number of rotatable bonds is 1. The van der Waals surface area contributed by atoms with Crippen molar-refractivity contribution in [3.63, 3.8) is 0 Å². The molecule has 1 aliphatic heterocycles. The Hall–Kier alpha value is -0.990. The predicted octanol–water partition coefficient (Wildman–Crippen LogP) is 0.0750. The quantitative estimate of drug-likeness (QED) is 0.458. The van der Waals surface area contributed by atoms with E-state index in [-0.39, 0.29) is 5.92 Å². The number of terminal acetylenes is 1. The molecule has 0 unspecified atom stereocenters. The molecule has 46 valence electrons. The average molecular weight is 120 g/mol. The molecule has 0 aliphatic carbocycles. The van der Waals surface area contributed by atoms with Gasteiger partial charge in [0.2, 0.25) is 0 Å². The summed E-state index contributed by atoms with van der Waals surface area (Å²) in [5.74, 6) is 2.77. The fourth-order valence-corrected chi connectivity index (χ4v) is 0.910. The molecule has 0 atom stereocenters. The van der Waals surface area contributed by atoms with Crippen LogP contribution in [0.25, 0.3) is 0 Å². The second-order valence-electron chi connectivity index (χ2n) is 2.22. The minimum Gasteiger partial charge on any atom is -0.290 e. The molecule has 0 amide bonds. The van der Waals surface area contributed by atoms with Crippen molar-refractivity contribution < 1.29 is 0 Å². The first-order valence-corrected chi connectivity index (χ1v) is 2.92. The fourth-order valence-electron chi connectivity index (χ4n) is 0.910. The Morgan fingerprint density at radius 2 is 2.33 bits per heavy atom. The van der Waals surface area contributed by atoms with Gasteiger partial charge in [0.1, 0.15) is 0 Å². The summed E-state index contributed by atoms with van der Waals surface area (Å²) in [4.78, 5) is 2.08. The second kappa shape index (κ2) is 2.53. The molecule has 9 heavy (non-hydrogen) atoms. The molecule has 0 aromatic carbocycles. The molecule has 0 saturated carbocycles. The summed E-state index contributed by atoms with van der Waals surface area (Å²) in [6, 6.07) is 2.18. The second-order valence-corrected chi connectivity index (χ2v) is 2.22. The first-order chi connectivity index (χ1) is 4.36. The zero-order valence-corrected chi connectivity index (χ0v) is 5.17. The van der Waals surface area contributed by atoms with Crippen molar-refractivity contribution in [2.75, 3.05) is 19.6 Å². The van der Waals surface area contributed by atoms with Crippen molar-refractivity contribution >= 4 is 0 Å². The van der Waals surface area contributed by atoms with E-state index in [1.807, 2.05) is 0 Å². The third-order valence-electron chi connectivity index (χ3n) is 1.45. The largest absolute Gasteiger partial charge is 0.290 e. The number of hydrogen-bond acceptors (Lipinski definition) is 2. The van der Waals surface area contributed by atoms with Crippen LogP contribution in [0, 0.1) is 29.6 Å². The highest BCUT2D eigenvalue weighted by atomic mass is 15.2. The van der Waals surface area contributed by atoms with Gasteiger partial charge in [-0.15, -0.1) is 6.42 Å². The number of nitriles is 1. The zero-order valence-electron chi connectivity index (χ0n) is 5.17. The molecule has 0 radical (unpaired) electrons. The average Bonchev–Trinajstić information content (AvgIpc) is 1.77. The van der Waals surface area contributed by atoms with Crippen molar-refractivity contribution in [1.82, 2.24) is 4.90 Å². The van der Waals surface area contributed by atoms with Crippen LogP contribution in [0.1, 0.15) is 0 Å². The highest BCUT2D eigenvalue weighted by Gasteiger charge is 2.24. The predicted molar refractivity (Wildman–Crippen MR) is 34.4 cm³/mol. The third-order valence-corrected chi connectivity index (χ3v) is 1.45.